The van der Waals surface area contributed by atoms with Crippen LogP contribution >= 0.6 is 15.9 Å². The molecule has 4 heteroatoms. The predicted molar refractivity (Wildman–Crippen MR) is 45.3 cm³/mol. The number of benzene rings is 1. The predicted octanol–water partition coefficient (Wildman–Crippen LogP) is 3.04. The van der Waals surface area contributed by atoms with Gasteiger partial charge >= 0.3 is 0 Å². The molecule has 1 nitrogen and oxygen atoms in total. The fraction of sp³-hybridized carbons (Fsp3) is 0.250. The molecular formula is C8H7BrF2O. The monoisotopic (exact) mass is 236 g/mol. The Labute approximate surface area is 77.5 Å². The maximum Gasteiger partial charge on any atom is 0.173 e. The minimum Gasteiger partial charge on any atom is -0.496 e. The van der Waals surface area contributed by atoms with Gasteiger partial charge in [0.1, 0.15) is 5.75 Å². The summed E-state index contributed by atoms with van der Waals surface area (Å²) in [6.45, 7) is 1.46. The van der Waals surface area contributed by atoms with Gasteiger partial charge in [-0.3, -0.25) is 0 Å². The van der Waals surface area contributed by atoms with Crippen LogP contribution in [0.1, 0.15) is 5.56 Å². The van der Waals surface area contributed by atoms with E-state index < -0.39 is 11.6 Å². The molecule has 0 bridgehead atoms. The molecule has 0 aliphatic rings. The third-order valence-electron chi connectivity index (χ3n) is 1.58. The molecule has 0 heterocycles. The van der Waals surface area contributed by atoms with Crippen molar-refractivity contribution in [3.8, 4) is 5.75 Å². The number of halogens is 3. The first-order chi connectivity index (χ1) is 5.57. The van der Waals surface area contributed by atoms with Crippen molar-refractivity contribution >= 4 is 15.9 Å². The zero-order valence-electron chi connectivity index (χ0n) is 6.62. The van der Waals surface area contributed by atoms with Crippen molar-refractivity contribution in [2.24, 2.45) is 0 Å². The van der Waals surface area contributed by atoms with E-state index >= 15 is 0 Å². The maximum atomic E-state index is 13.0. The second-order valence-corrected chi connectivity index (χ2v) is 3.17. The highest BCUT2D eigenvalue weighted by atomic mass is 79.9. The number of hydrogen-bond acceptors (Lipinski definition) is 1. The topological polar surface area (TPSA) is 9.23 Å². The molecule has 1 aromatic carbocycles. The van der Waals surface area contributed by atoms with Crippen molar-refractivity contribution in [1.29, 1.82) is 0 Å². The van der Waals surface area contributed by atoms with Gasteiger partial charge in [0.15, 0.2) is 11.6 Å². The fourth-order valence-electron chi connectivity index (χ4n) is 0.876. The summed E-state index contributed by atoms with van der Waals surface area (Å²) in [4.78, 5) is 0. The molecule has 0 aromatic heterocycles. The number of rotatable bonds is 1. The summed E-state index contributed by atoms with van der Waals surface area (Å²) in [5.74, 6) is -1.42. The lowest BCUT2D eigenvalue weighted by molar-refractivity contribution is 0.400. The Morgan fingerprint density at radius 3 is 2.42 bits per heavy atom. The van der Waals surface area contributed by atoms with Gasteiger partial charge in [-0.05, 0) is 28.9 Å². The quantitative estimate of drug-likeness (QED) is 0.682. The summed E-state index contributed by atoms with van der Waals surface area (Å²) in [5.41, 5.74) is 0.179. The van der Waals surface area contributed by atoms with Crippen molar-refractivity contribution in [2.75, 3.05) is 7.11 Å². The van der Waals surface area contributed by atoms with E-state index in [-0.39, 0.29) is 10.0 Å². The molecule has 66 valence electrons. The maximum absolute atomic E-state index is 13.0. The normalized spacial score (nSPS) is 10.1. The molecule has 0 unspecified atom stereocenters. The smallest absolute Gasteiger partial charge is 0.173 e. The van der Waals surface area contributed by atoms with Gasteiger partial charge in [0, 0.05) is 5.56 Å². The summed E-state index contributed by atoms with van der Waals surface area (Å²) in [7, 11) is 1.41. The van der Waals surface area contributed by atoms with E-state index in [2.05, 4.69) is 15.9 Å². The van der Waals surface area contributed by atoms with E-state index in [1.807, 2.05) is 0 Å². The van der Waals surface area contributed by atoms with Crippen molar-refractivity contribution in [3.05, 3.63) is 27.7 Å². The van der Waals surface area contributed by atoms with Gasteiger partial charge in [0.05, 0.1) is 11.6 Å². The summed E-state index contributed by atoms with van der Waals surface area (Å²) in [6.07, 6.45) is 0. The third-order valence-corrected chi connectivity index (χ3v) is 2.16. The number of ether oxygens (including phenoxy) is 1. The Morgan fingerprint density at radius 1 is 1.33 bits per heavy atom. The molecule has 0 saturated carbocycles. The average molecular weight is 237 g/mol. The Hall–Kier alpha value is -0.640. The van der Waals surface area contributed by atoms with Crippen LogP contribution in [0.25, 0.3) is 0 Å². The minimum absolute atomic E-state index is 0.0717. The fourth-order valence-corrected chi connectivity index (χ4v) is 1.26. The Kier molecular flexibility index (Phi) is 2.67. The van der Waals surface area contributed by atoms with Crippen LogP contribution in [0.4, 0.5) is 8.78 Å². The van der Waals surface area contributed by atoms with Gasteiger partial charge in [0.2, 0.25) is 0 Å². The average Bonchev–Trinajstić information content (AvgIpc) is 2.08. The highest BCUT2D eigenvalue weighted by molar-refractivity contribution is 9.10. The zero-order valence-corrected chi connectivity index (χ0v) is 8.21. The molecule has 12 heavy (non-hydrogen) atoms. The van der Waals surface area contributed by atoms with Crippen LogP contribution in [-0.4, -0.2) is 7.11 Å². The highest BCUT2D eigenvalue weighted by Crippen LogP contribution is 2.28. The van der Waals surface area contributed by atoms with Crippen LogP contribution < -0.4 is 4.74 Å². The molecule has 0 saturated heterocycles. The molecule has 0 fully saturated rings. The molecule has 0 spiro atoms. The van der Waals surface area contributed by atoms with Crippen LogP contribution in [0, 0.1) is 18.6 Å². The molecule has 0 aliphatic carbocycles. The first kappa shape index (κ1) is 9.45. The summed E-state index contributed by atoms with van der Waals surface area (Å²) in [6, 6.07) is 1.40. The van der Waals surface area contributed by atoms with E-state index in [9.17, 15) is 8.78 Å². The molecule has 0 atom stereocenters. The van der Waals surface area contributed by atoms with Crippen LogP contribution in [0.15, 0.2) is 10.5 Å². The van der Waals surface area contributed by atoms with Crippen molar-refractivity contribution < 1.29 is 13.5 Å². The van der Waals surface area contributed by atoms with Crippen molar-refractivity contribution in [2.45, 2.75) is 6.92 Å². The van der Waals surface area contributed by atoms with Gasteiger partial charge in [-0.2, -0.15) is 0 Å². The summed E-state index contributed by atoms with van der Waals surface area (Å²) in [5, 5.41) is 0. The first-order valence-corrected chi connectivity index (χ1v) is 4.05. The van der Waals surface area contributed by atoms with E-state index in [1.165, 1.54) is 20.1 Å². The standard InChI is InChI=1S/C8H7BrF2O/c1-4-6(12-2)3-5(9)8(11)7(4)10/h3H,1-2H3. The van der Waals surface area contributed by atoms with Crippen molar-refractivity contribution in [3.63, 3.8) is 0 Å². The van der Waals surface area contributed by atoms with E-state index in [0.717, 1.165) is 0 Å². The summed E-state index contributed by atoms with van der Waals surface area (Å²) >= 11 is 2.88. The second-order valence-electron chi connectivity index (χ2n) is 2.31. The Balaban J connectivity index is 3.39. The molecule has 0 radical (unpaired) electrons. The molecule has 0 aliphatic heterocycles. The molecule has 0 N–H and O–H groups in total. The third kappa shape index (κ3) is 1.43. The van der Waals surface area contributed by atoms with Gasteiger partial charge in [-0.1, -0.05) is 0 Å². The van der Waals surface area contributed by atoms with Gasteiger partial charge in [-0.15, -0.1) is 0 Å². The Morgan fingerprint density at radius 2 is 1.92 bits per heavy atom. The zero-order chi connectivity index (χ0) is 9.30. The van der Waals surface area contributed by atoms with Crippen LogP contribution in [0.2, 0.25) is 0 Å². The van der Waals surface area contributed by atoms with Gasteiger partial charge in [0.25, 0.3) is 0 Å². The Bertz CT molecular complexity index is 312. The lowest BCUT2D eigenvalue weighted by Crippen LogP contribution is -1.95. The lowest BCUT2D eigenvalue weighted by atomic mass is 10.2. The number of methoxy groups -OCH3 is 1. The van der Waals surface area contributed by atoms with Crippen LogP contribution in [-0.2, 0) is 0 Å². The van der Waals surface area contributed by atoms with E-state index in [0.29, 0.717) is 5.75 Å². The first-order valence-electron chi connectivity index (χ1n) is 3.26. The molecular weight excluding hydrogens is 230 g/mol. The SMILES string of the molecule is COc1cc(Br)c(F)c(F)c1C. The lowest BCUT2D eigenvalue weighted by Gasteiger charge is -2.06. The molecule has 1 aromatic rings. The molecule has 0 amide bonds. The summed E-state index contributed by atoms with van der Waals surface area (Å²) < 4.78 is 30.7. The van der Waals surface area contributed by atoms with Gasteiger partial charge in [-0.25, -0.2) is 8.78 Å². The molecule has 1 rings (SSSR count). The minimum atomic E-state index is -0.881. The second kappa shape index (κ2) is 3.39. The van der Waals surface area contributed by atoms with Gasteiger partial charge < -0.3 is 4.74 Å². The van der Waals surface area contributed by atoms with E-state index in [4.69, 9.17) is 4.74 Å². The van der Waals surface area contributed by atoms with Crippen LogP contribution in [0.5, 0.6) is 5.75 Å². The van der Waals surface area contributed by atoms with Crippen LogP contribution in [0.3, 0.4) is 0 Å². The largest absolute Gasteiger partial charge is 0.496 e. The highest BCUT2D eigenvalue weighted by Gasteiger charge is 2.13. The van der Waals surface area contributed by atoms with E-state index in [1.54, 1.807) is 0 Å². The number of hydrogen-bond donors (Lipinski definition) is 0. The van der Waals surface area contributed by atoms with Crippen molar-refractivity contribution in [1.82, 2.24) is 0 Å².